The lowest BCUT2D eigenvalue weighted by Gasteiger charge is -2.21. The van der Waals surface area contributed by atoms with Crippen molar-refractivity contribution in [2.45, 2.75) is 45.8 Å². The van der Waals surface area contributed by atoms with Crippen LogP contribution in [-0.2, 0) is 16.0 Å². The molecule has 0 aromatic carbocycles. The number of carboxylic acids is 1. The Morgan fingerprint density at radius 1 is 1.43 bits per heavy atom. The molecule has 0 aliphatic heterocycles. The fourth-order valence-electron chi connectivity index (χ4n) is 1.50. The molecule has 0 unspecified atom stereocenters. The Balaban J connectivity index is 2.71. The lowest BCUT2D eigenvalue weighted by atomic mass is 10.1. The maximum absolute atomic E-state index is 11.6. The first-order valence-electron chi connectivity index (χ1n) is 6.34. The quantitative estimate of drug-likeness (QED) is 0.859. The molecule has 0 aliphatic carbocycles. The molecule has 1 rings (SSSR count). The minimum absolute atomic E-state index is 0.0468. The van der Waals surface area contributed by atoms with Crippen molar-refractivity contribution >= 4 is 18.0 Å². The summed E-state index contributed by atoms with van der Waals surface area (Å²) >= 11 is 0. The first-order valence-corrected chi connectivity index (χ1v) is 6.34. The highest BCUT2D eigenvalue weighted by molar-refractivity contribution is 5.80. The van der Waals surface area contributed by atoms with Gasteiger partial charge >= 0.3 is 12.1 Å². The first kappa shape index (κ1) is 16.7. The van der Waals surface area contributed by atoms with Gasteiger partial charge in [0, 0.05) is 19.5 Å². The highest BCUT2D eigenvalue weighted by atomic mass is 16.6. The van der Waals surface area contributed by atoms with Crippen molar-refractivity contribution in [1.29, 1.82) is 0 Å². The standard InChI is InChI=1S/C13H19N3O5/c1-8(17)16-6-9(14-7-16)5-10(11(18)19)15-12(20)21-13(2,3)4/h6-7,10H,5H2,1-4H3,(H,15,20)(H,18,19)/t10-/m0/s1. The van der Waals surface area contributed by atoms with Gasteiger partial charge in [-0.2, -0.15) is 0 Å². The second kappa shape index (κ2) is 6.38. The summed E-state index contributed by atoms with van der Waals surface area (Å²) in [6, 6.07) is -1.19. The number of aliphatic carboxylic acids is 1. The van der Waals surface area contributed by atoms with Crippen molar-refractivity contribution in [2.75, 3.05) is 0 Å². The summed E-state index contributed by atoms with van der Waals surface area (Å²) in [6.45, 7) is 6.39. The number of nitrogens with one attached hydrogen (secondary N) is 1. The van der Waals surface area contributed by atoms with Gasteiger partial charge < -0.3 is 15.2 Å². The second-order valence-corrected chi connectivity index (χ2v) is 5.53. The van der Waals surface area contributed by atoms with Gasteiger partial charge in [0.25, 0.3) is 0 Å². The molecule has 1 heterocycles. The lowest BCUT2D eigenvalue weighted by molar-refractivity contribution is -0.139. The minimum atomic E-state index is -1.21. The van der Waals surface area contributed by atoms with Crippen LogP contribution in [0.25, 0.3) is 0 Å². The Labute approximate surface area is 122 Å². The third-order valence-corrected chi connectivity index (χ3v) is 2.40. The number of carboxylic acid groups (broad SMARTS) is 1. The van der Waals surface area contributed by atoms with E-state index < -0.39 is 23.7 Å². The van der Waals surface area contributed by atoms with Gasteiger partial charge in [0.1, 0.15) is 18.0 Å². The Hall–Kier alpha value is -2.38. The van der Waals surface area contributed by atoms with Gasteiger partial charge in [-0.1, -0.05) is 0 Å². The van der Waals surface area contributed by atoms with Gasteiger partial charge in [-0.15, -0.1) is 0 Å². The monoisotopic (exact) mass is 297 g/mol. The summed E-state index contributed by atoms with van der Waals surface area (Å²) in [5.41, 5.74) is -0.336. The predicted molar refractivity (Wildman–Crippen MR) is 73.0 cm³/mol. The molecule has 8 heteroatoms. The Bertz CT molecular complexity index is 544. The van der Waals surface area contributed by atoms with E-state index in [0.29, 0.717) is 5.69 Å². The third-order valence-electron chi connectivity index (χ3n) is 2.40. The Morgan fingerprint density at radius 3 is 2.48 bits per heavy atom. The van der Waals surface area contributed by atoms with Crippen LogP contribution < -0.4 is 5.32 Å². The minimum Gasteiger partial charge on any atom is -0.480 e. The first-order chi connectivity index (χ1) is 9.58. The predicted octanol–water partition coefficient (Wildman–Crippen LogP) is 1.06. The van der Waals surface area contributed by atoms with E-state index in [1.807, 2.05) is 0 Å². The SMILES string of the molecule is CC(=O)n1cnc(C[C@H](NC(=O)OC(C)(C)C)C(=O)O)c1. The summed E-state index contributed by atoms with van der Waals surface area (Å²) in [6.07, 6.45) is 1.86. The van der Waals surface area contributed by atoms with Crippen molar-refractivity contribution in [3.8, 4) is 0 Å². The van der Waals surface area contributed by atoms with E-state index >= 15 is 0 Å². The van der Waals surface area contributed by atoms with E-state index in [9.17, 15) is 14.4 Å². The molecule has 1 aromatic rings. The number of amides is 1. The van der Waals surface area contributed by atoms with Crippen LogP contribution in [0.15, 0.2) is 12.5 Å². The molecule has 0 radical (unpaired) electrons. The normalized spacial score (nSPS) is 12.6. The number of rotatable bonds is 4. The molecule has 116 valence electrons. The average molecular weight is 297 g/mol. The fraction of sp³-hybridized carbons (Fsp3) is 0.538. The molecule has 0 bridgehead atoms. The molecule has 0 aliphatic rings. The molecule has 21 heavy (non-hydrogen) atoms. The van der Waals surface area contributed by atoms with E-state index in [2.05, 4.69) is 10.3 Å². The number of carbonyl (C=O) groups excluding carboxylic acids is 2. The van der Waals surface area contributed by atoms with Gasteiger partial charge in [0.2, 0.25) is 5.91 Å². The molecule has 1 amide bonds. The number of imidazole rings is 1. The molecule has 8 nitrogen and oxygen atoms in total. The Kier molecular flexibility index (Phi) is 5.07. The average Bonchev–Trinajstić information content (AvgIpc) is 2.74. The third kappa shape index (κ3) is 5.64. The van der Waals surface area contributed by atoms with Crippen LogP contribution >= 0.6 is 0 Å². The van der Waals surface area contributed by atoms with Crippen LogP contribution in [0.4, 0.5) is 4.79 Å². The smallest absolute Gasteiger partial charge is 0.408 e. The zero-order valence-corrected chi connectivity index (χ0v) is 12.4. The molecule has 0 saturated heterocycles. The number of ether oxygens (including phenoxy) is 1. The van der Waals surface area contributed by atoms with Gasteiger partial charge in [0.15, 0.2) is 0 Å². The fourth-order valence-corrected chi connectivity index (χ4v) is 1.50. The summed E-state index contributed by atoms with van der Waals surface area (Å²) in [4.78, 5) is 37.8. The number of hydrogen-bond donors (Lipinski definition) is 2. The van der Waals surface area contributed by atoms with Crippen LogP contribution in [0.5, 0.6) is 0 Å². The molecule has 0 saturated carbocycles. The van der Waals surface area contributed by atoms with E-state index in [1.165, 1.54) is 24.0 Å². The topological polar surface area (TPSA) is 111 Å². The molecular weight excluding hydrogens is 278 g/mol. The van der Waals surface area contributed by atoms with Crippen LogP contribution in [0, 0.1) is 0 Å². The van der Waals surface area contributed by atoms with Crippen LogP contribution in [-0.4, -0.2) is 44.3 Å². The van der Waals surface area contributed by atoms with Gasteiger partial charge in [-0.25, -0.2) is 14.6 Å². The van der Waals surface area contributed by atoms with Gasteiger partial charge in [-0.05, 0) is 20.8 Å². The summed E-state index contributed by atoms with van der Waals surface area (Å²) in [5.74, 6) is -1.45. The van der Waals surface area contributed by atoms with Crippen molar-refractivity contribution in [2.24, 2.45) is 0 Å². The van der Waals surface area contributed by atoms with Gasteiger partial charge in [-0.3, -0.25) is 9.36 Å². The number of carbonyl (C=O) groups is 3. The lowest BCUT2D eigenvalue weighted by Crippen LogP contribution is -2.44. The molecule has 1 aromatic heterocycles. The second-order valence-electron chi connectivity index (χ2n) is 5.53. The zero-order valence-electron chi connectivity index (χ0n) is 12.4. The molecule has 2 N–H and O–H groups in total. The van der Waals surface area contributed by atoms with Crippen molar-refractivity contribution in [3.63, 3.8) is 0 Å². The summed E-state index contributed by atoms with van der Waals surface area (Å²) in [7, 11) is 0. The molecule has 0 fully saturated rings. The van der Waals surface area contributed by atoms with Crippen LogP contribution in [0.1, 0.15) is 38.2 Å². The maximum Gasteiger partial charge on any atom is 0.408 e. The van der Waals surface area contributed by atoms with Crippen molar-refractivity contribution in [3.05, 3.63) is 18.2 Å². The van der Waals surface area contributed by atoms with Crippen molar-refractivity contribution < 1.29 is 24.2 Å². The highest BCUT2D eigenvalue weighted by Crippen LogP contribution is 2.08. The summed E-state index contributed by atoms with van der Waals surface area (Å²) in [5, 5.41) is 11.4. The van der Waals surface area contributed by atoms with E-state index in [1.54, 1.807) is 20.8 Å². The highest BCUT2D eigenvalue weighted by Gasteiger charge is 2.25. The number of alkyl carbamates (subject to hydrolysis) is 1. The maximum atomic E-state index is 11.6. The van der Waals surface area contributed by atoms with E-state index in [0.717, 1.165) is 0 Å². The summed E-state index contributed by atoms with van der Waals surface area (Å²) < 4.78 is 6.24. The largest absolute Gasteiger partial charge is 0.480 e. The van der Waals surface area contributed by atoms with Crippen LogP contribution in [0.2, 0.25) is 0 Å². The molecule has 0 spiro atoms. The van der Waals surface area contributed by atoms with E-state index in [4.69, 9.17) is 9.84 Å². The number of nitrogens with zero attached hydrogens (tertiary/aromatic N) is 2. The molecule has 1 atom stereocenters. The van der Waals surface area contributed by atoms with Crippen LogP contribution in [0.3, 0.4) is 0 Å². The van der Waals surface area contributed by atoms with Gasteiger partial charge in [0.05, 0.1) is 5.69 Å². The Morgan fingerprint density at radius 2 is 2.05 bits per heavy atom. The number of aromatic nitrogens is 2. The van der Waals surface area contributed by atoms with E-state index in [-0.39, 0.29) is 12.3 Å². The van der Waals surface area contributed by atoms with Crippen molar-refractivity contribution in [1.82, 2.24) is 14.9 Å². The number of hydrogen-bond acceptors (Lipinski definition) is 5. The molecular formula is C13H19N3O5. The zero-order chi connectivity index (χ0) is 16.2.